The van der Waals surface area contributed by atoms with Gasteiger partial charge in [0.1, 0.15) is 11.7 Å². The van der Waals surface area contributed by atoms with Gasteiger partial charge in [0, 0.05) is 31.5 Å². The van der Waals surface area contributed by atoms with Crippen LogP contribution in [0.1, 0.15) is 33.1 Å². The molecular formula is C19H27NO4. The van der Waals surface area contributed by atoms with Crippen LogP contribution in [0, 0.1) is 17.8 Å². The van der Waals surface area contributed by atoms with Crippen molar-refractivity contribution in [2.24, 2.45) is 17.8 Å². The summed E-state index contributed by atoms with van der Waals surface area (Å²) in [6.07, 6.45) is 5.37. The minimum Gasteiger partial charge on any atom is -0.461 e. The molecule has 0 bridgehead atoms. The summed E-state index contributed by atoms with van der Waals surface area (Å²) >= 11 is 0. The van der Waals surface area contributed by atoms with Gasteiger partial charge in [0.25, 0.3) is 0 Å². The van der Waals surface area contributed by atoms with Crippen molar-refractivity contribution in [3.05, 3.63) is 11.6 Å². The summed E-state index contributed by atoms with van der Waals surface area (Å²) in [7, 11) is 0. The molecule has 3 saturated heterocycles. The molecule has 1 spiro atoms. The zero-order valence-corrected chi connectivity index (χ0v) is 14.6. The number of fused-ring (bicyclic) bond motifs is 2. The van der Waals surface area contributed by atoms with Crippen LogP contribution in [0.25, 0.3) is 0 Å². The van der Waals surface area contributed by atoms with Crippen LogP contribution in [0.15, 0.2) is 11.6 Å². The van der Waals surface area contributed by atoms with E-state index in [1.807, 2.05) is 0 Å². The van der Waals surface area contributed by atoms with Crippen LogP contribution in [0.4, 0.5) is 0 Å². The minimum absolute atomic E-state index is 0.00613. The first-order valence-electron chi connectivity index (χ1n) is 9.41. The van der Waals surface area contributed by atoms with Gasteiger partial charge in [0.2, 0.25) is 0 Å². The predicted molar refractivity (Wildman–Crippen MR) is 87.4 cm³/mol. The first-order chi connectivity index (χ1) is 11.5. The van der Waals surface area contributed by atoms with Crippen molar-refractivity contribution in [1.29, 1.82) is 0 Å². The lowest BCUT2D eigenvalue weighted by molar-refractivity contribution is -0.146. The van der Waals surface area contributed by atoms with Gasteiger partial charge in [-0.05, 0) is 33.1 Å². The first kappa shape index (κ1) is 15.4. The van der Waals surface area contributed by atoms with Crippen molar-refractivity contribution in [1.82, 2.24) is 4.90 Å². The highest BCUT2D eigenvalue weighted by Crippen LogP contribution is 2.67. The number of esters is 1. The smallest absolute Gasteiger partial charge is 0.310 e. The van der Waals surface area contributed by atoms with Crippen LogP contribution >= 0.6 is 0 Å². The summed E-state index contributed by atoms with van der Waals surface area (Å²) in [6, 6.07) is 0. The van der Waals surface area contributed by atoms with Gasteiger partial charge in [0.15, 0.2) is 0 Å². The fraction of sp³-hybridized carbons (Fsp3) is 0.842. The van der Waals surface area contributed by atoms with Crippen LogP contribution in [0.3, 0.4) is 0 Å². The van der Waals surface area contributed by atoms with Crippen molar-refractivity contribution in [2.75, 3.05) is 32.8 Å². The number of hydrogen-bond acceptors (Lipinski definition) is 5. The highest BCUT2D eigenvalue weighted by molar-refractivity contribution is 5.76. The topological polar surface area (TPSA) is 51.3 Å². The van der Waals surface area contributed by atoms with Gasteiger partial charge in [-0.15, -0.1) is 0 Å². The van der Waals surface area contributed by atoms with E-state index >= 15 is 0 Å². The third kappa shape index (κ3) is 1.95. The maximum Gasteiger partial charge on any atom is 0.310 e. The molecule has 0 N–H and O–H groups in total. The van der Waals surface area contributed by atoms with Crippen LogP contribution < -0.4 is 0 Å². The molecule has 1 unspecified atom stereocenters. The van der Waals surface area contributed by atoms with E-state index < -0.39 is 0 Å². The Balaban J connectivity index is 1.41. The maximum absolute atomic E-state index is 12.7. The van der Waals surface area contributed by atoms with Crippen LogP contribution in [0.5, 0.6) is 0 Å². The van der Waals surface area contributed by atoms with Gasteiger partial charge >= 0.3 is 5.97 Å². The van der Waals surface area contributed by atoms with E-state index in [4.69, 9.17) is 14.2 Å². The minimum atomic E-state index is -0.0926. The molecule has 0 amide bonds. The fourth-order valence-corrected chi connectivity index (χ4v) is 5.86. The number of carbonyl (C=O) groups excluding carboxylic acids is 1. The molecule has 1 saturated carbocycles. The van der Waals surface area contributed by atoms with E-state index in [9.17, 15) is 4.79 Å². The Hall–Kier alpha value is -0.910. The summed E-state index contributed by atoms with van der Waals surface area (Å²) in [5.41, 5.74) is 1.24. The Kier molecular flexibility index (Phi) is 3.23. The lowest BCUT2D eigenvalue weighted by Gasteiger charge is -2.31. The second-order valence-electron chi connectivity index (χ2n) is 8.48. The molecule has 2 aliphatic carbocycles. The molecule has 24 heavy (non-hydrogen) atoms. The molecule has 5 nitrogen and oxygen atoms in total. The van der Waals surface area contributed by atoms with E-state index in [1.54, 1.807) is 0 Å². The zero-order valence-electron chi connectivity index (χ0n) is 14.6. The predicted octanol–water partition coefficient (Wildman–Crippen LogP) is 1.76. The van der Waals surface area contributed by atoms with Crippen LogP contribution in [-0.4, -0.2) is 61.0 Å². The number of rotatable bonds is 2. The maximum atomic E-state index is 12.7. The van der Waals surface area contributed by atoms with Crippen LogP contribution in [-0.2, 0) is 19.0 Å². The molecule has 5 rings (SSSR count). The van der Waals surface area contributed by atoms with Gasteiger partial charge in [-0.25, -0.2) is 0 Å². The number of nitrogens with zero attached hydrogens (tertiary/aromatic N) is 1. The Morgan fingerprint density at radius 3 is 2.92 bits per heavy atom. The second-order valence-corrected chi connectivity index (χ2v) is 8.48. The molecule has 5 heteroatoms. The largest absolute Gasteiger partial charge is 0.461 e. The Bertz CT molecular complexity index is 598. The van der Waals surface area contributed by atoms with Crippen molar-refractivity contribution in [3.63, 3.8) is 0 Å². The third-order valence-corrected chi connectivity index (χ3v) is 7.32. The monoisotopic (exact) mass is 333 g/mol. The SMILES string of the molecule is CC1=CC[C@]23O[C@@]2(C)CC[C@H]2C(CN4CCOCC4)C(=O)O[C@@H]2[C@@H]13. The Morgan fingerprint density at radius 2 is 2.12 bits per heavy atom. The third-order valence-electron chi connectivity index (χ3n) is 7.32. The molecule has 132 valence electrons. The average molecular weight is 333 g/mol. The molecule has 0 aromatic carbocycles. The Morgan fingerprint density at radius 1 is 1.33 bits per heavy atom. The Labute approximate surface area is 143 Å². The van der Waals surface area contributed by atoms with Crippen molar-refractivity contribution in [3.8, 4) is 0 Å². The van der Waals surface area contributed by atoms with Crippen LogP contribution in [0.2, 0.25) is 0 Å². The summed E-state index contributed by atoms with van der Waals surface area (Å²) in [5.74, 6) is 0.612. The zero-order chi connectivity index (χ0) is 16.5. The summed E-state index contributed by atoms with van der Waals surface area (Å²) in [6.45, 7) is 8.66. The molecule has 0 radical (unpaired) electrons. The number of morpholine rings is 1. The summed E-state index contributed by atoms with van der Waals surface area (Å²) in [5, 5.41) is 0. The molecule has 3 aliphatic heterocycles. The highest BCUT2D eigenvalue weighted by Gasteiger charge is 2.75. The normalized spacial score (nSPS) is 50.4. The van der Waals surface area contributed by atoms with Gasteiger partial charge in [-0.1, -0.05) is 11.6 Å². The van der Waals surface area contributed by atoms with E-state index in [1.165, 1.54) is 5.57 Å². The average Bonchev–Trinajstić information content (AvgIpc) is 2.88. The van der Waals surface area contributed by atoms with Crippen molar-refractivity contribution < 1.29 is 19.0 Å². The number of epoxide rings is 1. The lowest BCUT2D eigenvalue weighted by atomic mass is 9.77. The van der Waals surface area contributed by atoms with E-state index in [2.05, 4.69) is 24.8 Å². The second kappa shape index (κ2) is 5.05. The molecule has 5 aliphatic rings. The lowest BCUT2D eigenvalue weighted by Crippen LogP contribution is -2.42. The fourth-order valence-electron chi connectivity index (χ4n) is 5.86. The molecule has 4 fully saturated rings. The van der Waals surface area contributed by atoms with E-state index in [0.717, 1.165) is 52.1 Å². The van der Waals surface area contributed by atoms with Crippen molar-refractivity contribution in [2.45, 2.75) is 50.4 Å². The molecule has 6 atom stereocenters. The summed E-state index contributed by atoms with van der Waals surface area (Å²) in [4.78, 5) is 15.0. The summed E-state index contributed by atoms with van der Waals surface area (Å²) < 4.78 is 17.7. The molecule has 0 aromatic rings. The van der Waals surface area contributed by atoms with Gasteiger partial charge in [-0.3, -0.25) is 9.69 Å². The molecular weight excluding hydrogens is 306 g/mol. The number of hydrogen-bond donors (Lipinski definition) is 0. The first-order valence-corrected chi connectivity index (χ1v) is 9.41. The quantitative estimate of drug-likeness (QED) is 0.438. The van der Waals surface area contributed by atoms with Gasteiger partial charge in [0.05, 0.1) is 24.7 Å². The molecule has 3 heterocycles. The highest BCUT2D eigenvalue weighted by atomic mass is 16.6. The molecule has 0 aromatic heterocycles. The van der Waals surface area contributed by atoms with Crippen molar-refractivity contribution >= 4 is 5.97 Å². The number of ether oxygens (including phenoxy) is 3. The van der Waals surface area contributed by atoms with Gasteiger partial charge < -0.3 is 14.2 Å². The van der Waals surface area contributed by atoms with E-state index in [0.29, 0.717) is 5.92 Å². The van der Waals surface area contributed by atoms with Gasteiger partial charge in [-0.2, -0.15) is 0 Å². The van der Waals surface area contributed by atoms with E-state index in [-0.39, 0.29) is 35.1 Å². The standard InChI is InChI=1S/C19H27NO4/c1-12-3-6-19-15(12)16-13(4-5-18(19,2)24-19)14(17(21)23-16)11-20-7-9-22-10-8-20/h3,13-16H,4-11H2,1-2H3/t13-,14?,15+,16-,18-,19+/m0/s1. The number of carbonyl (C=O) groups is 1.